The molecule has 4 bridgehead atoms. The fourth-order valence-electron chi connectivity index (χ4n) is 6.42. The maximum absolute atomic E-state index is 13.4. The molecule has 0 amide bonds. The Labute approximate surface area is 246 Å². The number of aromatic nitrogens is 4. The Kier molecular flexibility index (Phi) is 10.3. The monoisotopic (exact) mass is 572 g/mol. The molecule has 1 aliphatic rings. The third kappa shape index (κ3) is 6.69. The van der Waals surface area contributed by atoms with Crippen LogP contribution in [0.15, 0.2) is 67.7 Å². The Balaban J connectivity index is 1.30. The van der Waals surface area contributed by atoms with Crippen LogP contribution in [0, 0.1) is 0 Å². The van der Waals surface area contributed by atoms with Gasteiger partial charge in [-0.25, -0.2) is 9.59 Å². The van der Waals surface area contributed by atoms with Gasteiger partial charge in [0.15, 0.2) is 0 Å². The van der Waals surface area contributed by atoms with Crippen molar-refractivity contribution < 1.29 is 0 Å². The van der Waals surface area contributed by atoms with Crippen LogP contribution in [0.5, 0.6) is 0 Å². The van der Waals surface area contributed by atoms with E-state index in [1.165, 1.54) is 9.13 Å². The summed E-state index contributed by atoms with van der Waals surface area (Å²) in [4.78, 5) is 53.1. The lowest BCUT2D eigenvalue weighted by molar-refractivity contribution is 0.479. The number of fused-ring (bicyclic) bond motifs is 8. The van der Waals surface area contributed by atoms with E-state index in [1.807, 2.05) is 48.5 Å². The molecule has 0 fully saturated rings. The molecule has 2 aromatic carbocycles. The van der Waals surface area contributed by atoms with E-state index in [-0.39, 0.29) is 22.5 Å². The number of nitrogens with zero attached hydrogens (tertiary/aromatic N) is 4. The normalized spacial score (nSPS) is 17.1. The van der Waals surface area contributed by atoms with E-state index in [0.29, 0.717) is 37.0 Å². The molecule has 0 unspecified atom stereocenters. The van der Waals surface area contributed by atoms with Crippen LogP contribution in [0.1, 0.15) is 89.9 Å². The molecular weight excluding hydrogens is 528 g/mol. The van der Waals surface area contributed by atoms with E-state index >= 15 is 0 Å². The van der Waals surface area contributed by atoms with E-state index in [1.54, 1.807) is 9.13 Å². The Morgan fingerprint density at radius 1 is 0.357 bits per heavy atom. The fraction of sp³-hybridized carbons (Fsp3) is 0.529. The maximum atomic E-state index is 13.4. The zero-order chi connectivity index (χ0) is 29.3. The summed E-state index contributed by atoms with van der Waals surface area (Å²) < 4.78 is 6.48. The second-order valence-electron chi connectivity index (χ2n) is 11.8. The van der Waals surface area contributed by atoms with Gasteiger partial charge in [0, 0.05) is 26.2 Å². The lowest BCUT2D eigenvalue weighted by atomic mass is 10.1. The average Bonchev–Trinajstić information content (AvgIpc) is 3.00. The van der Waals surface area contributed by atoms with Crippen LogP contribution in [0.2, 0.25) is 0 Å². The summed E-state index contributed by atoms with van der Waals surface area (Å²) in [6.07, 6.45) is 13.7. The van der Waals surface area contributed by atoms with Gasteiger partial charge in [-0.15, -0.1) is 0 Å². The first-order valence-corrected chi connectivity index (χ1v) is 16.0. The predicted octanol–water partition coefficient (Wildman–Crippen LogP) is 5.82. The van der Waals surface area contributed by atoms with Crippen molar-refractivity contribution in [3.63, 3.8) is 0 Å². The van der Waals surface area contributed by atoms with Gasteiger partial charge < -0.3 is 0 Å². The highest BCUT2D eigenvalue weighted by Gasteiger charge is 2.14. The molecule has 8 nitrogen and oxygen atoms in total. The first-order chi connectivity index (χ1) is 20.6. The Morgan fingerprint density at radius 3 is 1.00 bits per heavy atom. The van der Waals surface area contributed by atoms with Gasteiger partial charge in [-0.2, -0.15) is 0 Å². The third-order valence-corrected chi connectivity index (χ3v) is 8.79. The number of para-hydroxylation sites is 2. The van der Waals surface area contributed by atoms with Crippen LogP contribution in [-0.2, 0) is 26.2 Å². The van der Waals surface area contributed by atoms with Crippen LogP contribution in [0.25, 0.3) is 21.8 Å². The van der Waals surface area contributed by atoms with Crippen molar-refractivity contribution in [1.82, 2.24) is 18.3 Å². The molecule has 5 rings (SSSR count). The molecule has 0 spiro atoms. The summed E-state index contributed by atoms with van der Waals surface area (Å²) in [5, 5.41) is 1.24. The zero-order valence-electron chi connectivity index (χ0n) is 24.8. The summed E-state index contributed by atoms with van der Waals surface area (Å²) >= 11 is 0. The molecule has 3 heterocycles. The van der Waals surface area contributed by atoms with Crippen molar-refractivity contribution in [1.29, 1.82) is 0 Å². The van der Waals surface area contributed by atoms with Gasteiger partial charge in [0.25, 0.3) is 11.1 Å². The summed E-state index contributed by atoms with van der Waals surface area (Å²) in [7, 11) is 0. The average molecular weight is 573 g/mol. The minimum atomic E-state index is -0.186. The molecule has 2 aromatic heterocycles. The highest BCUT2D eigenvalue weighted by molar-refractivity contribution is 5.78. The molecule has 0 aliphatic carbocycles. The number of benzene rings is 2. The van der Waals surface area contributed by atoms with Crippen molar-refractivity contribution in [2.24, 2.45) is 0 Å². The lowest BCUT2D eigenvalue weighted by Crippen LogP contribution is -2.40. The summed E-state index contributed by atoms with van der Waals surface area (Å²) in [5.74, 6) is 0. The molecule has 224 valence electrons. The SMILES string of the molecule is O=c1c2ccccc2n2c(=O)n1CCCCCCCCCn1c(=O)n(c(=O)c3ccccc31)CCCCCCCCC2. The van der Waals surface area contributed by atoms with Gasteiger partial charge in [-0.1, -0.05) is 88.5 Å². The Hall–Kier alpha value is -3.68. The van der Waals surface area contributed by atoms with Gasteiger partial charge in [-0.05, 0) is 49.9 Å². The van der Waals surface area contributed by atoms with Crippen molar-refractivity contribution >= 4 is 21.8 Å². The van der Waals surface area contributed by atoms with Crippen molar-refractivity contribution in [2.45, 2.75) is 116 Å². The molecule has 42 heavy (non-hydrogen) atoms. The van der Waals surface area contributed by atoms with Gasteiger partial charge in [0.2, 0.25) is 0 Å². The molecular formula is C34H44N4O4. The minimum absolute atomic E-state index is 0.178. The fourth-order valence-corrected chi connectivity index (χ4v) is 6.42. The lowest BCUT2D eigenvalue weighted by Gasteiger charge is -2.15. The molecule has 0 saturated carbocycles. The van der Waals surface area contributed by atoms with Crippen molar-refractivity contribution in [2.75, 3.05) is 0 Å². The first kappa shape index (κ1) is 29.8. The van der Waals surface area contributed by atoms with Crippen molar-refractivity contribution in [3.8, 4) is 0 Å². The number of hydrogen-bond donors (Lipinski definition) is 0. The molecule has 4 aromatic rings. The van der Waals surface area contributed by atoms with E-state index < -0.39 is 0 Å². The Bertz CT molecular complexity index is 1610. The number of hydrogen-bond acceptors (Lipinski definition) is 4. The number of aryl methyl sites for hydroxylation is 2. The predicted molar refractivity (Wildman–Crippen MR) is 170 cm³/mol. The quantitative estimate of drug-likeness (QED) is 0.266. The van der Waals surface area contributed by atoms with Gasteiger partial charge in [-0.3, -0.25) is 27.9 Å². The number of rotatable bonds is 0. The standard InChI is InChI=1S/C34H44N4O4/c39-31-28-20-12-14-22-30(28)36-24-16-8-4-2-6-10-18-26-38-32(40)27-19-11-13-21-29(27)35(33(38)41)23-15-7-3-1-5-9-17-25-37(31)34(36)42/h11-14,19-22H,1-10,15-18,23-26H2. The summed E-state index contributed by atoms with van der Waals surface area (Å²) in [6, 6.07) is 15.0. The highest BCUT2D eigenvalue weighted by Crippen LogP contribution is 2.14. The van der Waals surface area contributed by atoms with Gasteiger partial charge in [0.05, 0.1) is 21.8 Å². The maximum Gasteiger partial charge on any atom is 0.331 e. The zero-order valence-corrected chi connectivity index (χ0v) is 24.8. The topological polar surface area (TPSA) is 88.0 Å². The van der Waals surface area contributed by atoms with E-state index in [9.17, 15) is 19.2 Å². The molecule has 0 saturated heterocycles. The molecule has 0 N–H and O–H groups in total. The first-order valence-electron chi connectivity index (χ1n) is 16.0. The van der Waals surface area contributed by atoms with Crippen LogP contribution >= 0.6 is 0 Å². The van der Waals surface area contributed by atoms with E-state index in [2.05, 4.69) is 0 Å². The van der Waals surface area contributed by atoms with Crippen LogP contribution in [0.4, 0.5) is 0 Å². The second-order valence-corrected chi connectivity index (χ2v) is 11.8. The second kappa shape index (κ2) is 14.5. The van der Waals surface area contributed by atoms with Crippen LogP contribution in [0.3, 0.4) is 0 Å². The van der Waals surface area contributed by atoms with Crippen LogP contribution in [-0.4, -0.2) is 18.3 Å². The smallest absolute Gasteiger partial charge is 0.293 e. The largest absolute Gasteiger partial charge is 0.331 e. The third-order valence-electron chi connectivity index (χ3n) is 8.79. The molecule has 8 heteroatoms. The summed E-state index contributed by atoms with van der Waals surface area (Å²) in [5.41, 5.74) is 0.731. The molecule has 0 radical (unpaired) electrons. The molecule has 1 aliphatic heterocycles. The van der Waals surface area contributed by atoms with E-state index in [4.69, 9.17) is 0 Å². The molecule has 0 atom stereocenters. The van der Waals surface area contributed by atoms with Gasteiger partial charge in [0.1, 0.15) is 0 Å². The van der Waals surface area contributed by atoms with Crippen molar-refractivity contribution in [3.05, 3.63) is 90.2 Å². The van der Waals surface area contributed by atoms with Gasteiger partial charge >= 0.3 is 11.4 Å². The minimum Gasteiger partial charge on any atom is -0.293 e. The highest BCUT2D eigenvalue weighted by atomic mass is 16.2. The van der Waals surface area contributed by atoms with E-state index in [0.717, 1.165) is 101 Å². The Morgan fingerprint density at radius 2 is 0.643 bits per heavy atom. The van der Waals surface area contributed by atoms with Crippen LogP contribution < -0.4 is 22.5 Å². The summed E-state index contributed by atoms with van der Waals surface area (Å²) in [6.45, 7) is 2.12.